The molecule has 2 aliphatic carbocycles. The minimum Gasteiger partial charge on any atom is -0.310 e. The monoisotopic (exact) mass is 858 g/mol. The number of hydrogen-bond acceptors (Lipinski definition) is 2. The van der Waals surface area contributed by atoms with Gasteiger partial charge in [0.1, 0.15) is 0 Å². The van der Waals surface area contributed by atoms with E-state index in [1.807, 2.05) is 0 Å². The maximum absolute atomic E-state index is 2.50. The van der Waals surface area contributed by atoms with Crippen molar-refractivity contribution in [1.82, 2.24) is 9.13 Å². The molecule has 0 spiro atoms. The molecule has 13 rings (SSSR count). The molecule has 4 nitrogen and oxygen atoms in total. The van der Waals surface area contributed by atoms with E-state index in [-0.39, 0.29) is 0 Å². The van der Waals surface area contributed by atoms with Gasteiger partial charge in [0, 0.05) is 72.8 Å². The van der Waals surface area contributed by atoms with E-state index >= 15 is 0 Å². The normalized spacial score (nSPS) is 15.4. The van der Waals surface area contributed by atoms with Crippen LogP contribution in [-0.4, -0.2) is 9.13 Å². The fraction of sp³-hybridized carbons (Fsp3) is 0.0476. The Balaban J connectivity index is 1.03. The molecule has 2 heterocycles. The van der Waals surface area contributed by atoms with E-state index in [4.69, 9.17) is 0 Å². The number of nitrogens with zero attached hydrogens (tertiary/aromatic N) is 4. The van der Waals surface area contributed by atoms with Gasteiger partial charge >= 0.3 is 0 Å². The first-order chi connectivity index (χ1) is 33.2. The summed E-state index contributed by atoms with van der Waals surface area (Å²) >= 11 is 0. The van der Waals surface area contributed by atoms with Crippen LogP contribution in [0.5, 0.6) is 0 Å². The third-order valence-electron chi connectivity index (χ3n) is 13.9. The van der Waals surface area contributed by atoms with Gasteiger partial charge in [-0.25, -0.2) is 0 Å². The fourth-order valence-corrected chi connectivity index (χ4v) is 11.0. The van der Waals surface area contributed by atoms with E-state index in [2.05, 4.69) is 275 Å². The van der Waals surface area contributed by atoms with Crippen LogP contribution in [-0.2, 0) is 0 Å². The molecule has 0 radical (unpaired) electrons. The maximum Gasteiger partial charge on any atom is 0.0542 e. The lowest BCUT2D eigenvalue weighted by atomic mass is 9.73. The van der Waals surface area contributed by atoms with Crippen LogP contribution in [0.4, 0.5) is 28.4 Å². The predicted molar refractivity (Wildman–Crippen MR) is 282 cm³/mol. The molecular weight excluding hydrogens is 813 g/mol. The number of benzene rings is 9. The lowest BCUT2D eigenvalue weighted by molar-refractivity contribution is 0.611. The number of aromatic nitrogens is 2. The summed E-state index contributed by atoms with van der Waals surface area (Å²) in [6, 6.07) is 81.9. The molecule has 2 aromatic heterocycles. The number of rotatable bonds is 8. The van der Waals surface area contributed by atoms with Crippen molar-refractivity contribution in [2.45, 2.75) is 12.8 Å². The minimum absolute atomic E-state index is 0.292. The van der Waals surface area contributed by atoms with Crippen LogP contribution in [0.1, 0.15) is 24.0 Å². The molecule has 0 N–H and O–H groups in total. The van der Waals surface area contributed by atoms with E-state index < -0.39 is 0 Å². The van der Waals surface area contributed by atoms with Gasteiger partial charge in [0.2, 0.25) is 0 Å². The van der Waals surface area contributed by atoms with Gasteiger partial charge in [0.25, 0.3) is 0 Å². The highest BCUT2D eigenvalue weighted by Gasteiger charge is 2.33. The zero-order valence-corrected chi connectivity index (χ0v) is 37.1. The predicted octanol–water partition coefficient (Wildman–Crippen LogP) is 16.8. The lowest BCUT2D eigenvalue weighted by Gasteiger charge is -2.37. The summed E-state index contributed by atoms with van der Waals surface area (Å²) in [5.41, 5.74) is 17.6. The Kier molecular flexibility index (Phi) is 9.17. The second-order valence-corrected chi connectivity index (χ2v) is 17.8. The highest BCUT2D eigenvalue weighted by Crippen LogP contribution is 2.50. The Bertz CT molecular complexity index is 3780. The molecular formula is C63H46N4. The van der Waals surface area contributed by atoms with Gasteiger partial charge in [-0.05, 0) is 126 Å². The zero-order valence-electron chi connectivity index (χ0n) is 37.1. The Labute approximate surface area is 390 Å². The third-order valence-corrected chi connectivity index (χ3v) is 13.9. The van der Waals surface area contributed by atoms with Crippen LogP contribution in [0.3, 0.4) is 0 Å². The Morgan fingerprint density at radius 3 is 1.49 bits per heavy atom. The summed E-state index contributed by atoms with van der Waals surface area (Å²) < 4.78 is 4.78. The van der Waals surface area contributed by atoms with Crippen LogP contribution in [0.25, 0.3) is 60.7 Å². The first-order valence-electron chi connectivity index (χ1n) is 23.3. The number of anilines is 5. The first kappa shape index (κ1) is 38.8. The number of para-hydroxylation sites is 5. The molecule has 67 heavy (non-hydrogen) atoms. The first-order valence-corrected chi connectivity index (χ1v) is 23.3. The van der Waals surface area contributed by atoms with E-state index in [1.54, 1.807) is 0 Å². The van der Waals surface area contributed by atoms with Crippen molar-refractivity contribution < 1.29 is 0 Å². The minimum atomic E-state index is 0.292. The number of hydrogen-bond donors (Lipinski definition) is 0. The number of fused-ring (bicyclic) bond motifs is 9. The molecule has 4 heteroatoms. The van der Waals surface area contributed by atoms with Crippen LogP contribution in [0.2, 0.25) is 0 Å². The highest BCUT2D eigenvalue weighted by atomic mass is 15.2. The average Bonchev–Trinajstić information content (AvgIpc) is 3.90. The molecule has 0 amide bonds. The van der Waals surface area contributed by atoms with Crippen molar-refractivity contribution >= 4 is 77.7 Å². The molecule has 318 valence electrons. The Hall–Kier alpha value is -8.60. The van der Waals surface area contributed by atoms with Gasteiger partial charge in [-0.3, -0.25) is 0 Å². The summed E-state index contributed by atoms with van der Waals surface area (Å²) in [5, 5.41) is 4.87. The van der Waals surface area contributed by atoms with Gasteiger partial charge in [-0.1, -0.05) is 146 Å². The van der Waals surface area contributed by atoms with Gasteiger partial charge in [0.05, 0.1) is 27.8 Å². The summed E-state index contributed by atoms with van der Waals surface area (Å²) in [6.45, 7) is 2.34. The van der Waals surface area contributed by atoms with Crippen LogP contribution in [0, 0.1) is 5.92 Å². The van der Waals surface area contributed by atoms with E-state index in [9.17, 15) is 0 Å². The SMILES string of the molecule is CC1C=CC=C2C=C(N(c3cccc(N(c4ccccc4)c4ccc5c(c4)c4ccccc4n5-c4ccccc4)c3)c3ccc4c(c3)c3ccccc3n4-c3ccccc3)c3ccccc3C21. The summed E-state index contributed by atoms with van der Waals surface area (Å²) in [7, 11) is 0. The topological polar surface area (TPSA) is 16.3 Å². The van der Waals surface area contributed by atoms with Gasteiger partial charge < -0.3 is 18.9 Å². The van der Waals surface area contributed by atoms with E-state index in [1.165, 1.54) is 60.3 Å². The molecule has 11 aromatic rings. The molecule has 0 saturated heterocycles. The Morgan fingerprint density at radius 2 is 0.866 bits per heavy atom. The second kappa shape index (κ2) is 15.8. The van der Waals surface area contributed by atoms with Crippen molar-refractivity contribution in [3.63, 3.8) is 0 Å². The second-order valence-electron chi connectivity index (χ2n) is 17.8. The zero-order chi connectivity index (χ0) is 44.4. The van der Waals surface area contributed by atoms with Gasteiger partial charge in [0.15, 0.2) is 0 Å². The molecule has 0 aliphatic heterocycles. The Morgan fingerprint density at radius 1 is 0.388 bits per heavy atom. The van der Waals surface area contributed by atoms with Crippen LogP contribution < -0.4 is 9.80 Å². The fourth-order valence-electron chi connectivity index (χ4n) is 11.0. The lowest BCUT2D eigenvalue weighted by Crippen LogP contribution is -2.24. The quantitative estimate of drug-likeness (QED) is 0.151. The van der Waals surface area contributed by atoms with E-state index in [0.29, 0.717) is 11.8 Å². The molecule has 9 aromatic carbocycles. The van der Waals surface area contributed by atoms with Crippen LogP contribution in [0.15, 0.2) is 254 Å². The third kappa shape index (κ3) is 6.36. The molecule has 0 bridgehead atoms. The molecule has 2 atom stereocenters. The standard InChI is InChI=1S/C63H46N4/c1-43-19-17-20-44-39-62(52-29-11-12-32-55(52)63(43)44)65(51-36-38-61-57(42-51)54-31-14-16-34-59(54)67(61)47-25-9-4-10-26-47)49-28-18-27-48(40-49)64(45-21-5-2-6-22-45)50-35-37-60-56(41-50)53-30-13-15-33-58(53)66(60)46-23-7-3-8-24-46/h2-43,63H,1H3. The molecule has 0 saturated carbocycles. The van der Waals surface area contributed by atoms with Crippen molar-refractivity contribution in [3.05, 3.63) is 265 Å². The summed E-state index contributed by atoms with van der Waals surface area (Å²) in [6.07, 6.45) is 9.34. The van der Waals surface area contributed by atoms with Gasteiger partial charge in [-0.2, -0.15) is 0 Å². The number of allylic oxidation sites excluding steroid dienone is 5. The molecule has 2 aliphatic rings. The van der Waals surface area contributed by atoms with Gasteiger partial charge in [-0.15, -0.1) is 0 Å². The smallest absolute Gasteiger partial charge is 0.0542 e. The van der Waals surface area contributed by atoms with Crippen molar-refractivity contribution in [1.29, 1.82) is 0 Å². The van der Waals surface area contributed by atoms with Crippen molar-refractivity contribution in [2.75, 3.05) is 9.80 Å². The summed E-state index contributed by atoms with van der Waals surface area (Å²) in [4.78, 5) is 4.90. The maximum atomic E-state index is 2.50. The average molecular weight is 859 g/mol. The van der Waals surface area contributed by atoms with E-state index in [0.717, 1.165) is 45.5 Å². The molecule has 2 unspecified atom stereocenters. The van der Waals surface area contributed by atoms with Crippen molar-refractivity contribution in [3.8, 4) is 11.4 Å². The van der Waals surface area contributed by atoms with Crippen molar-refractivity contribution in [2.24, 2.45) is 5.92 Å². The largest absolute Gasteiger partial charge is 0.310 e. The highest BCUT2D eigenvalue weighted by molar-refractivity contribution is 6.12. The molecule has 0 fully saturated rings. The summed E-state index contributed by atoms with van der Waals surface area (Å²) in [5.74, 6) is 0.676. The van der Waals surface area contributed by atoms with Crippen LogP contribution >= 0.6 is 0 Å².